The number of aromatic nitrogens is 3. The maximum Gasteiger partial charge on any atom is 0.244 e. The van der Waals surface area contributed by atoms with Crippen LogP contribution in [0.4, 0.5) is 17.6 Å². The second kappa shape index (κ2) is 9.30. The largest absolute Gasteiger partial charge is 0.324 e. The molecule has 1 N–H and O–H groups in total. The van der Waals surface area contributed by atoms with E-state index in [4.69, 9.17) is 28.5 Å². The van der Waals surface area contributed by atoms with E-state index in [1.807, 2.05) is 0 Å². The van der Waals surface area contributed by atoms with Crippen molar-refractivity contribution in [2.24, 2.45) is 0 Å². The zero-order chi connectivity index (χ0) is 22.7. The van der Waals surface area contributed by atoms with Gasteiger partial charge in [0.1, 0.15) is 5.82 Å². The fourth-order valence-electron chi connectivity index (χ4n) is 3.24. The predicted molar refractivity (Wildman–Crippen MR) is 120 cm³/mol. The Morgan fingerprint density at radius 3 is 2.25 bits per heavy atom. The summed E-state index contributed by atoms with van der Waals surface area (Å²) in [6.45, 7) is 0. The first kappa shape index (κ1) is 21.7. The van der Waals surface area contributed by atoms with Crippen molar-refractivity contribution in [1.29, 1.82) is 5.26 Å². The number of hydrogen-bond donors (Lipinski definition) is 1. The van der Waals surface area contributed by atoms with Gasteiger partial charge in [-0.2, -0.15) is 20.2 Å². The minimum Gasteiger partial charge on any atom is -0.324 e. The predicted octanol–water partition coefficient (Wildman–Crippen LogP) is 4.43. The summed E-state index contributed by atoms with van der Waals surface area (Å²) >= 11 is 12.6. The molecule has 1 aromatic heterocycles. The number of anilines is 3. The standard InChI is InChI=1S/C22H16Cl2N6O2/c23-16-3-1-4-17(24)15(16)11-18-27-21(26-14-9-7-13(12-25)8-10-14)29-22(28-18)30-19(31)5-2-6-20(30)32/h1,3-4,7-10H,2,5-6,11H2,(H,26,27,28,29). The Morgan fingerprint density at radius 2 is 1.62 bits per heavy atom. The lowest BCUT2D eigenvalue weighted by Crippen LogP contribution is -2.41. The van der Waals surface area contributed by atoms with E-state index >= 15 is 0 Å². The minimum absolute atomic E-state index is 0.0518. The lowest BCUT2D eigenvalue weighted by Gasteiger charge is -2.23. The summed E-state index contributed by atoms with van der Waals surface area (Å²) in [5.41, 5.74) is 1.75. The van der Waals surface area contributed by atoms with Crippen molar-refractivity contribution in [3.05, 3.63) is 69.5 Å². The fraction of sp³-hybridized carbons (Fsp3) is 0.182. The average Bonchev–Trinajstić information content (AvgIpc) is 2.77. The molecule has 2 aromatic carbocycles. The molecular formula is C22H16Cl2N6O2. The molecule has 0 atom stereocenters. The SMILES string of the molecule is N#Cc1ccc(Nc2nc(Cc3c(Cl)cccc3Cl)nc(N3C(=O)CCCC3=O)n2)cc1. The van der Waals surface area contributed by atoms with Gasteiger partial charge in [-0.25, -0.2) is 4.90 Å². The van der Waals surface area contributed by atoms with Crippen LogP contribution in [0, 0.1) is 11.3 Å². The van der Waals surface area contributed by atoms with Crippen molar-refractivity contribution in [2.75, 3.05) is 10.2 Å². The third kappa shape index (κ3) is 4.69. The molecule has 0 bridgehead atoms. The van der Waals surface area contributed by atoms with Crippen LogP contribution in [0.5, 0.6) is 0 Å². The van der Waals surface area contributed by atoms with Crippen LogP contribution >= 0.6 is 23.2 Å². The minimum atomic E-state index is -0.363. The number of nitrogens with zero attached hydrogens (tertiary/aromatic N) is 5. The monoisotopic (exact) mass is 466 g/mol. The molecule has 10 heteroatoms. The van der Waals surface area contributed by atoms with Crippen LogP contribution in [0.3, 0.4) is 0 Å². The molecule has 0 spiro atoms. The molecule has 3 aromatic rings. The summed E-state index contributed by atoms with van der Waals surface area (Å²) in [4.78, 5) is 39.0. The van der Waals surface area contributed by atoms with Gasteiger partial charge in [-0.15, -0.1) is 0 Å². The van der Waals surface area contributed by atoms with Gasteiger partial charge in [0, 0.05) is 35.0 Å². The fourth-order valence-corrected chi connectivity index (χ4v) is 3.77. The molecule has 32 heavy (non-hydrogen) atoms. The van der Waals surface area contributed by atoms with Crippen LogP contribution < -0.4 is 10.2 Å². The molecule has 1 aliphatic heterocycles. The third-order valence-electron chi connectivity index (χ3n) is 4.82. The lowest BCUT2D eigenvalue weighted by atomic mass is 10.1. The topological polar surface area (TPSA) is 112 Å². The van der Waals surface area contributed by atoms with Crippen molar-refractivity contribution in [2.45, 2.75) is 25.7 Å². The average molecular weight is 467 g/mol. The number of carbonyl (C=O) groups is 2. The number of nitriles is 1. The number of nitrogens with one attached hydrogen (secondary N) is 1. The van der Waals surface area contributed by atoms with Crippen LogP contribution in [0.15, 0.2) is 42.5 Å². The van der Waals surface area contributed by atoms with Gasteiger partial charge in [0.05, 0.1) is 11.6 Å². The molecule has 0 unspecified atom stereocenters. The number of amides is 2. The molecule has 1 saturated heterocycles. The molecule has 2 amide bonds. The zero-order valence-corrected chi connectivity index (χ0v) is 18.2. The smallest absolute Gasteiger partial charge is 0.244 e. The van der Waals surface area contributed by atoms with E-state index in [9.17, 15) is 9.59 Å². The number of benzene rings is 2. The second-order valence-electron chi connectivity index (χ2n) is 7.04. The Hall–Kier alpha value is -3.54. The van der Waals surface area contributed by atoms with E-state index in [0.717, 1.165) is 4.90 Å². The number of imide groups is 1. The molecule has 1 fully saturated rings. The van der Waals surface area contributed by atoms with Gasteiger partial charge in [-0.3, -0.25) is 9.59 Å². The van der Waals surface area contributed by atoms with Crippen LogP contribution in [0.2, 0.25) is 10.0 Å². The van der Waals surface area contributed by atoms with Gasteiger partial charge in [-0.1, -0.05) is 29.3 Å². The number of piperidine rings is 1. The highest BCUT2D eigenvalue weighted by molar-refractivity contribution is 6.36. The Balaban J connectivity index is 1.74. The summed E-state index contributed by atoms with van der Waals surface area (Å²) in [6, 6.07) is 13.9. The first-order valence-corrected chi connectivity index (χ1v) is 10.5. The molecule has 0 saturated carbocycles. The van der Waals surface area contributed by atoms with Crippen LogP contribution in [-0.2, 0) is 16.0 Å². The highest BCUT2D eigenvalue weighted by Crippen LogP contribution is 2.28. The second-order valence-corrected chi connectivity index (χ2v) is 7.86. The van der Waals surface area contributed by atoms with E-state index in [-0.39, 0.29) is 48.8 Å². The number of carbonyl (C=O) groups excluding carboxylic acids is 2. The van der Waals surface area contributed by atoms with E-state index in [1.54, 1.807) is 42.5 Å². The Bertz CT molecular complexity index is 1200. The quantitative estimate of drug-likeness (QED) is 0.553. The Labute approximate surface area is 193 Å². The van der Waals surface area contributed by atoms with E-state index in [0.29, 0.717) is 33.3 Å². The molecule has 1 aliphatic rings. The third-order valence-corrected chi connectivity index (χ3v) is 5.52. The van der Waals surface area contributed by atoms with Gasteiger partial charge >= 0.3 is 0 Å². The van der Waals surface area contributed by atoms with E-state index in [1.165, 1.54) is 0 Å². The first-order valence-electron chi connectivity index (χ1n) is 9.75. The van der Waals surface area contributed by atoms with Crippen molar-refractivity contribution in [1.82, 2.24) is 15.0 Å². The summed E-state index contributed by atoms with van der Waals surface area (Å²) < 4.78 is 0. The van der Waals surface area contributed by atoms with Crippen molar-refractivity contribution in [3.63, 3.8) is 0 Å². The van der Waals surface area contributed by atoms with Crippen LogP contribution in [0.25, 0.3) is 0 Å². The summed E-state index contributed by atoms with van der Waals surface area (Å²) in [5, 5.41) is 12.9. The van der Waals surface area contributed by atoms with Gasteiger partial charge in [0.2, 0.25) is 23.7 Å². The van der Waals surface area contributed by atoms with E-state index < -0.39 is 0 Å². The molecule has 160 valence electrons. The first-order chi connectivity index (χ1) is 15.4. The van der Waals surface area contributed by atoms with Crippen molar-refractivity contribution < 1.29 is 9.59 Å². The Kier molecular flexibility index (Phi) is 6.30. The Morgan fingerprint density at radius 1 is 0.969 bits per heavy atom. The molecular weight excluding hydrogens is 451 g/mol. The normalized spacial score (nSPS) is 13.7. The molecule has 8 nitrogen and oxygen atoms in total. The van der Waals surface area contributed by atoms with Crippen molar-refractivity contribution in [3.8, 4) is 6.07 Å². The molecule has 2 heterocycles. The zero-order valence-electron chi connectivity index (χ0n) is 16.7. The number of halogens is 2. The van der Waals surface area contributed by atoms with Crippen molar-refractivity contribution >= 4 is 52.6 Å². The van der Waals surface area contributed by atoms with Gasteiger partial charge < -0.3 is 5.32 Å². The highest BCUT2D eigenvalue weighted by atomic mass is 35.5. The summed E-state index contributed by atoms with van der Waals surface area (Å²) in [6.07, 6.45) is 1.15. The molecule has 0 aliphatic carbocycles. The van der Waals surface area contributed by atoms with Crippen LogP contribution in [0.1, 0.15) is 36.2 Å². The van der Waals surface area contributed by atoms with E-state index in [2.05, 4.69) is 26.3 Å². The van der Waals surface area contributed by atoms with Gasteiger partial charge in [0.15, 0.2) is 0 Å². The van der Waals surface area contributed by atoms with Gasteiger partial charge in [-0.05, 0) is 48.4 Å². The summed E-state index contributed by atoms with van der Waals surface area (Å²) in [5.74, 6) is -0.350. The lowest BCUT2D eigenvalue weighted by molar-refractivity contribution is -0.129. The summed E-state index contributed by atoms with van der Waals surface area (Å²) in [7, 11) is 0. The molecule has 0 radical (unpaired) electrons. The number of hydrogen-bond acceptors (Lipinski definition) is 7. The maximum absolute atomic E-state index is 12.4. The highest BCUT2D eigenvalue weighted by Gasteiger charge is 2.30. The molecule has 4 rings (SSSR count). The van der Waals surface area contributed by atoms with Crippen LogP contribution in [-0.4, -0.2) is 26.8 Å². The number of rotatable bonds is 5. The maximum atomic E-state index is 12.4. The van der Waals surface area contributed by atoms with Gasteiger partial charge in [0.25, 0.3) is 0 Å².